The Labute approximate surface area is 149 Å². The van der Waals surface area contributed by atoms with Crippen LogP contribution in [0, 0.1) is 0 Å². The zero-order valence-corrected chi connectivity index (χ0v) is 14.3. The van der Waals surface area contributed by atoms with E-state index in [4.69, 9.17) is 0 Å². The number of hydrogen-bond donors (Lipinski definition) is 1. The number of carbonyl (C=O) groups excluding carboxylic acids is 1. The van der Waals surface area contributed by atoms with Crippen molar-refractivity contribution < 1.29 is 18.0 Å². The van der Waals surface area contributed by atoms with Crippen LogP contribution < -0.4 is 5.32 Å². The van der Waals surface area contributed by atoms with Gasteiger partial charge in [0.05, 0.1) is 24.2 Å². The highest BCUT2D eigenvalue weighted by molar-refractivity contribution is 7.13. The van der Waals surface area contributed by atoms with Gasteiger partial charge in [-0.25, -0.2) is 9.97 Å². The van der Waals surface area contributed by atoms with Crippen molar-refractivity contribution in [3.63, 3.8) is 0 Å². The maximum absolute atomic E-state index is 12.6. The maximum Gasteiger partial charge on any atom is 0.416 e. The lowest BCUT2D eigenvalue weighted by molar-refractivity contribution is -0.137. The van der Waals surface area contributed by atoms with Crippen LogP contribution in [0.15, 0.2) is 41.2 Å². The molecule has 0 spiro atoms. The lowest BCUT2D eigenvalue weighted by Gasteiger charge is -2.06. The molecular weight excluding hydrogens is 371 g/mol. The van der Waals surface area contributed by atoms with Crippen LogP contribution in [0.5, 0.6) is 0 Å². The molecular formula is C16H12F3N3OS2. The quantitative estimate of drug-likeness (QED) is 0.720. The normalized spacial score (nSPS) is 11.5. The average molecular weight is 383 g/mol. The zero-order valence-electron chi connectivity index (χ0n) is 12.7. The minimum absolute atomic E-state index is 0.114. The SMILES string of the molecule is O=C(Cc1csc(-c2ccc(C(F)(F)F)cc2)n1)NCc1nccs1. The van der Waals surface area contributed by atoms with Crippen LogP contribution in [0.1, 0.15) is 16.3 Å². The molecule has 0 radical (unpaired) electrons. The Hall–Kier alpha value is -2.26. The van der Waals surface area contributed by atoms with Gasteiger partial charge in [-0.05, 0) is 12.1 Å². The molecule has 0 unspecified atom stereocenters. The molecule has 0 aliphatic heterocycles. The molecule has 9 heteroatoms. The number of benzene rings is 1. The number of aromatic nitrogens is 2. The molecule has 3 aromatic rings. The number of nitrogens with one attached hydrogen (secondary N) is 1. The summed E-state index contributed by atoms with van der Waals surface area (Å²) in [6.07, 6.45) is -2.58. The second kappa shape index (κ2) is 7.32. The van der Waals surface area contributed by atoms with E-state index in [9.17, 15) is 18.0 Å². The minimum Gasteiger partial charge on any atom is -0.349 e. The summed E-state index contributed by atoms with van der Waals surface area (Å²) in [5, 5.41) is 7.72. The summed E-state index contributed by atoms with van der Waals surface area (Å²) in [7, 11) is 0. The van der Waals surface area contributed by atoms with Crippen LogP contribution in [0.3, 0.4) is 0 Å². The molecule has 25 heavy (non-hydrogen) atoms. The Morgan fingerprint density at radius 2 is 1.92 bits per heavy atom. The third-order valence-corrected chi connectivity index (χ3v) is 4.99. The van der Waals surface area contributed by atoms with E-state index in [2.05, 4.69) is 15.3 Å². The van der Waals surface area contributed by atoms with E-state index in [0.717, 1.165) is 17.1 Å². The van der Waals surface area contributed by atoms with Crippen molar-refractivity contribution in [2.24, 2.45) is 0 Å². The second-order valence-electron chi connectivity index (χ2n) is 5.10. The van der Waals surface area contributed by atoms with Gasteiger partial charge < -0.3 is 5.32 Å². The molecule has 4 nitrogen and oxygen atoms in total. The van der Waals surface area contributed by atoms with Gasteiger partial charge in [-0.3, -0.25) is 4.79 Å². The molecule has 1 amide bonds. The first-order valence-corrected chi connectivity index (χ1v) is 8.95. The monoisotopic (exact) mass is 383 g/mol. The van der Waals surface area contributed by atoms with E-state index < -0.39 is 11.7 Å². The molecule has 1 aromatic carbocycles. The Balaban J connectivity index is 1.61. The third-order valence-electron chi connectivity index (χ3n) is 3.27. The highest BCUT2D eigenvalue weighted by Gasteiger charge is 2.30. The van der Waals surface area contributed by atoms with Crippen LogP contribution >= 0.6 is 22.7 Å². The maximum atomic E-state index is 12.6. The summed E-state index contributed by atoms with van der Waals surface area (Å²) in [4.78, 5) is 20.3. The Morgan fingerprint density at radius 3 is 2.56 bits per heavy atom. The molecule has 2 aromatic heterocycles. The number of halogens is 3. The van der Waals surface area contributed by atoms with Gasteiger partial charge in [0.25, 0.3) is 0 Å². The predicted molar refractivity (Wildman–Crippen MR) is 90.2 cm³/mol. The minimum atomic E-state index is -4.36. The first-order valence-electron chi connectivity index (χ1n) is 7.19. The Kier molecular flexibility index (Phi) is 5.14. The topological polar surface area (TPSA) is 54.9 Å². The van der Waals surface area contributed by atoms with Crippen LogP contribution in [-0.2, 0) is 23.9 Å². The van der Waals surface area contributed by atoms with Crippen molar-refractivity contribution in [2.75, 3.05) is 0 Å². The van der Waals surface area contributed by atoms with Gasteiger partial charge in [0.15, 0.2) is 0 Å². The number of alkyl halides is 3. The van der Waals surface area contributed by atoms with Crippen molar-refractivity contribution in [2.45, 2.75) is 19.1 Å². The molecule has 0 atom stereocenters. The highest BCUT2D eigenvalue weighted by Crippen LogP contribution is 2.31. The van der Waals surface area contributed by atoms with Crippen molar-refractivity contribution in [1.82, 2.24) is 15.3 Å². The molecule has 0 saturated heterocycles. The third kappa shape index (κ3) is 4.64. The standard InChI is InChI=1S/C16H12F3N3OS2/c17-16(18,19)11-3-1-10(2-4-11)15-22-12(9-25-15)7-13(23)21-8-14-20-5-6-24-14/h1-6,9H,7-8H2,(H,21,23). The predicted octanol–water partition coefficient (Wildman–Crippen LogP) is 4.14. The summed E-state index contributed by atoms with van der Waals surface area (Å²) < 4.78 is 37.7. The first-order chi connectivity index (χ1) is 11.9. The van der Waals surface area contributed by atoms with Crippen molar-refractivity contribution in [3.8, 4) is 10.6 Å². The van der Waals surface area contributed by atoms with Gasteiger partial charge in [-0.15, -0.1) is 22.7 Å². The molecule has 0 aliphatic carbocycles. The van der Waals surface area contributed by atoms with E-state index in [-0.39, 0.29) is 12.3 Å². The molecule has 0 aliphatic rings. The van der Waals surface area contributed by atoms with E-state index in [1.165, 1.54) is 34.8 Å². The van der Waals surface area contributed by atoms with E-state index in [1.807, 2.05) is 5.38 Å². The van der Waals surface area contributed by atoms with Crippen molar-refractivity contribution in [1.29, 1.82) is 0 Å². The van der Waals surface area contributed by atoms with Crippen LogP contribution in [-0.4, -0.2) is 15.9 Å². The van der Waals surface area contributed by atoms with Gasteiger partial charge in [0.2, 0.25) is 5.91 Å². The van der Waals surface area contributed by atoms with Crippen LogP contribution in [0.4, 0.5) is 13.2 Å². The van der Waals surface area contributed by atoms with Gasteiger partial charge in [0.1, 0.15) is 10.0 Å². The van der Waals surface area contributed by atoms with E-state index in [0.29, 0.717) is 22.8 Å². The van der Waals surface area contributed by atoms with Gasteiger partial charge in [0, 0.05) is 22.5 Å². The highest BCUT2D eigenvalue weighted by atomic mass is 32.1. The number of nitrogens with zero attached hydrogens (tertiary/aromatic N) is 2. The fourth-order valence-electron chi connectivity index (χ4n) is 2.06. The molecule has 2 heterocycles. The molecule has 130 valence electrons. The van der Waals surface area contributed by atoms with Crippen molar-refractivity contribution in [3.05, 3.63) is 57.5 Å². The summed E-state index contributed by atoms with van der Waals surface area (Å²) in [6, 6.07) is 4.82. The lowest BCUT2D eigenvalue weighted by Crippen LogP contribution is -2.24. The summed E-state index contributed by atoms with van der Waals surface area (Å²) in [5.74, 6) is -0.181. The van der Waals surface area contributed by atoms with E-state index >= 15 is 0 Å². The van der Waals surface area contributed by atoms with Crippen LogP contribution in [0.25, 0.3) is 10.6 Å². The number of amides is 1. The molecule has 0 fully saturated rings. The fraction of sp³-hybridized carbons (Fsp3) is 0.188. The smallest absolute Gasteiger partial charge is 0.349 e. The number of hydrogen-bond acceptors (Lipinski definition) is 5. The lowest BCUT2D eigenvalue weighted by atomic mass is 10.1. The number of rotatable bonds is 5. The summed E-state index contributed by atoms with van der Waals surface area (Å²) in [6.45, 7) is 0.367. The van der Waals surface area contributed by atoms with Gasteiger partial charge in [-0.1, -0.05) is 12.1 Å². The number of carbonyl (C=O) groups is 1. The Bertz CT molecular complexity index is 842. The number of thiazole rings is 2. The fourth-order valence-corrected chi connectivity index (χ4v) is 3.45. The zero-order chi connectivity index (χ0) is 17.9. The average Bonchev–Trinajstić information content (AvgIpc) is 3.24. The Morgan fingerprint density at radius 1 is 1.16 bits per heavy atom. The summed E-state index contributed by atoms with van der Waals surface area (Å²) in [5.41, 5.74) is 0.471. The van der Waals surface area contributed by atoms with E-state index in [1.54, 1.807) is 11.6 Å². The largest absolute Gasteiger partial charge is 0.416 e. The second-order valence-corrected chi connectivity index (χ2v) is 6.94. The molecule has 0 bridgehead atoms. The molecule has 1 N–H and O–H groups in total. The summed E-state index contributed by atoms with van der Waals surface area (Å²) >= 11 is 2.75. The molecule has 0 saturated carbocycles. The molecule has 3 rings (SSSR count). The van der Waals surface area contributed by atoms with Gasteiger partial charge in [-0.2, -0.15) is 13.2 Å². The van der Waals surface area contributed by atoms with Crippen molar-refractivity contribution >= 4 is 28.6 Å². The van der Waals surface area contributed by atoms with Gasteiger partial charge >= 0.3 is 6.18 Å². The van der Waals surface area contributed by atoms with Crippen LogP contribution in [0.2, 0.25) is 0 Å². The first kappa shape index (κ1) is 17.6.